The van der Waals surface area contributed by atoms with Crippen molar-refractivity contribution in [3.63, 3.8) is 0 Å². The molecule has 1 rings (SSSR count). The Morgan fingerprint density at radius 3 is 1.64 bits per heavy atom. The van der Waals surface area contributed by atoms with Crippen LogP contribution in [0.4, 0.5) is 0 Å². The zero-order valence-electron chi connectivity index (χ0n) is 8.18. The lowest BCUT2D eigenvalue weighted by atomic mass is 10.4. The Kier molecular flexibility index (Phi) is 8.66. The Morgan fingerprint density at radius 2 is 1.43 bits per heavy atom. The standard InChI is InChI=1S/C4H8O2S.C4H10O2S/c5-7(6)3-1-2-4-7;5-1-3-7-4-2-6/h1-4H2;5-6H,1-4H2. The van der Waals surface area contributed by atoms with Crippen molar-refractivity contribution in [2.45, 2.75) is 12.8 Å². The third kappa shape index (κ3) is 8.80. The number of aliphatic hydroxyl groups is 2. The quantitative estimate of drug-likeness (QED) is 0.673. The predicted molar refractivity (Wildman–Crippen MR) is 59.4 cm³/mol. The minimum absolute atomic E-state index is 0.213. The van der Waals surface area contributed by atoms with Gasteiger partial charge in [-0.3, -0.25) is 0 Å². The van der Waals surface area contributed by atoms with Gasteiger partial charge in [-0.05, 0) is 12.8 Å². The van der Waals surface area contributed by atoms with E-state index in [9.17, 15) is 8.42 Å². The van der Waals surface area contributed by atoms with Gasteiger partial charge in [0.2, 0.25) is 0 Å². The summed E-state index contributed by atoms with van der Waals surface area (Å²) in [5, 5.41) is 16.4. The highest BCUT2D eigenvalue weighted by Gasteiger charge is 2.16. The number of sulfone groups is 1. The lowest BCUT2D eigenvalue weighted by molar-refractivity contribution is 0.318. The summed E-state index contributed by atoms with van der Waals surface area (Å²) < 4.78 is 20.9. The van der Waals surface area contributed by atoms with E-state index in [2.05, 4.69) is 0 Å². The van der Waals surface area contributed by atoms with Crippen molar-refractivity contribution in [3.05, 3.63) is 0 Å². The molecule has 0 aromatic heterocycles. The summed E-state index contributed by atoms with van der Waals surface area (Å²) >= 11 is 1.55. The maximum atomic E-state index is 10.4. The minimum Gasteiger partial charge on any atom is -0.396 e. The van der Waals surface area contributed by atoms with Crippen molar-refractivity contribution in [3.8, 4) is 0 Å². The molecule has 1 aliphatic rings. The minimum atomic E-state index is -2.55. The molecular weight excluding hydrogens is 224 g/mol. The molecule has 0 amide bonds. The zero-order valence-corrected chi connectivity index (χ0v) is 9.82. The average molecular weight is 242 g/mol. The zero-order chi connectivity index (χ0) is 10.9. The van der Waals surface area contributed by atoms with Crippen LogP contribution in [0.2, 0.25) is 0 Å². The fraction of sp³-hybridized carbons (Fsp3) is 1.00. The molecule has 86 valence electrons. The number of hydrogen-bond donors (Lipinski definition) is 2. The summed E-state index contributed by atoms with van der Waals surface area (Å²) in [4.78, 5) is 0. The van der Waals surface area contributed by atoms with E-state index in [-0.39, 0.29) is 13.2 Å². The van der Waals surface area contributed by atoms with Gasteiger partial charge in [0.25, 0.3) is 0 Å². The van der Waals surface area contributed by atoms with Gasteiger partial charge >= 0.3 is 0 Å². The first-order valence-corrected chi connectivity index (χ1v) is 7.60. The van der Waals surface area contributed by atoms with Gasteiger partial charge in [0.05, 0.1) is 24.7 Å². The van der Waals surface area contributed by atoms with Crippen LogP contribution in [-0.2, 0) is 9.84 Å². The highest BCUT2D eigenvalue weighted by molar-refractivity contribution is 7.99. The molecule has 1 heterocycles. The fourth-order valence-electron chi connectivity index (χ4n) is 0.977. The Hall–Kier alpha value is 0.220. The van der Waals surface area contributed by atoms with Crippen molar-refractivity contribution >= 4 is 21.6 Å². The third-order valence-corrected chi connectivity index (χ3v) is 4.40. The summed E-state index contributed by atoms with van der Waals surface area (Å²) in [5.74, 6) is 2.32. The van der Waals surface area contributed by atoms with Crippen molar-refractivity contribution in [2.75, 3.05) is 36.2 Å². The van der Waals surface area contributed by atoms with Gasteiger partial charge < -0.3 is 10.2 Å². The van der Waals surface area contributed by atoms with Crippen LogP contribution >= 0.6 is 11.8 Å². The van der Waals surface area contributed by atoms with Crippen molar-refractivity contribution in [1.82, 2.24) is 0 Å². The molecule has 0 atom stereocenters. The van der Waals surface area contributed by atoms with Crippen LogP contribution in [0, 0.1) is 0 Å². The summed E-state index contributed by atoms with van der Waals surface area (Å²) in [6.45, 7) is 0.426. The molecule has 1 fully saturated rings. The van der Waals surface area contributed by atoms with Crippen molar-refractivity contribution in [1.29, 1.82) is 0 Å². The molecule has 0 saturated carbocycles. The predicted octanol–water partition coefficient (Wildman–Crippen LogP) is -0.101. The van der Waals surface area contributed by atoms with Crippen LogP contribution in [-0.4, -0.2) is 54.9 Å². The molecule has 4 nitrogen and oxygen atoms in total. The Morgan fingerprint density at radius 1 is 1.00 bits per heavy atom. The number of thioether (sulfide) groups is 1. The van der Waals surface area contributed by atoms with Crippen molar-refractivity contribution in [2.24, 2.45) is 0 Å². The molecule has 2 N–H and O–H groups in total. The van der Waals surface area contributed by atoms with Gasteiger partial charge in [0, 0.05) is 11.5 Å². The van der Waals surface area contributed by atoms with E-state index in [0.717, 1.165) is 24.3 Å². The van der Waals surface area contributed by atoms with E-state index in [0.29, 0.717) is 11.5 Å². The Labute approximate surface area is 89.6 Å². The molecule has 1 aliphatic heterocycles. The highest BCUT2D eigenvalue weighted by Crippen LogP contribution is 2.08. The van der Waals surface area contributed by atoms with Gasteiger partial charge in [0.1, 0.15) is 9.84 Å². The lowest BCUT2D eigenvalue weighted by Gasteiger charge is -1.90. The molecule has 0 spiro atoms. The molecule has 1 saturated heterocycles. The van der Waals surface area contributed by atoms with Crippen LogP contribution in [0.25, 0.3) is 0 Å². The van der Waals surface area contributed by atoms with Gasteiger partial charge in [-0.2, -0.15) is 11.8 Å². The molecule has 0 unspecified atom stereocenters. The van der Waals surface area contributed by atoms with Gasteiger partial charge in [-0.15, -0.1) is 0 Å². The molecule has 0 aromatic rings. The van der Waals surface area contributed by atoms with Gasteiger partial charge in [-0.25, -0.2) is 8.42 Å². The van der Waals surface area contributed by atoms with Crippen LogP contribution in [0.1, 0.15) is 12.8 Å². The maximum absolute atomic E-state index is 10.4. The summed E-state index contributed by atoms with van der Waals surface area (Å²) in [6, 6.07) is 0. The van der Waals surface area contributed by atoms with Crippen LogP contribution < -0.4 is 0 Å². The fourth-order valence-corrected chi connectivity index (χ4v) is 2.93. The SMILES string of the molecule is O=S1(=O)CCCC1.OCCSCCO. The number of rotatable bonds is 4. The molecule has 0 aliphatic carbocycles. The topological polar surface area (TPSA) is 74.6 Å². The Bertz CT molecular complexity index is 197. The second-order valence-corrected chi connectivity index (χ2v) is 6.45. The normalized spacial score (nSPS) is 18.7. The highest BCUT2D eigenvalue weighted by atomic mass is 32.2. The van der Waals surface area contributed by atoms with E-state index in [1.54, 1.807) is 11.8 Å². The van der Waals surface area contributed by atoms with Gasteiger partial charge in [-0.1, -0.05) is 0 Å². The monoisotopic (exact) mass is 242 g/mol. The lowest BCUT2D eigenvalue weighted by Crippen LogP contribution is -1.98. The smallest absolute Gasteiger partial charge is 0.150 e. The van der Waals surface area contributed by atoms with E-state index in [4.69, 9.17) is 10.2 Å². The largest absolute Gasteiger partial charge is 0.396 e. The van der Waals surface area contributed by atoms with Crippen LogP contribution in [0.3, 0.4) is 0 Å². The summed E-state index contributed by atoms with van der Waals surface area (Å²) in [6.07, 6.45) is 1.75. The maximum Gasteiger partial charge on any atom is 0.150 e. The second-order valence-electron chi connectivity index (χ2n) is 2.92. The van der Waals surface area contributed by atoms with E-state index in [1.165, 1.54) is 0 Å². The molecule has 6 heteroatoms. The van der Waals surface area contributed by atoms with Gasteiger partial charge in [0.15, 0.2) is 0 Å². The van der Waals surface area contributed by atoms with E-state index in [1.807, 2.05) is 0 Å². The molecular formula is C8H18O4S2. The first-order valence-electron chi connectivity index (χ1n) is 4.62. The Balaban J connectivity index is 0.000000241. The first kappa shape index (κ1) is 14.2. The summed E-state index contributed by atoms with van der Waals surface area (Å²) in [7, 11) is -2.55. The van der Waals surface area contributed by atoms with Crippen LogP contribution in [0.15, 0.2) is 0 Å². The molecule has 14 heavy (non-hydrogen) atoms. The number of aliphatic hydroxyl groups excluding tert-OH is 2. The van der Waals surface area contributed by atoms with E-state index >= 15 is 0 Å². The third-order valence-electron chi connectivity index (χ3n) is 1.63. The van der Waals surface area contributed by atoms with E-state index < -0.39 is 9.84 Å². The molecule has 0 radical (unpaired) electrons. The summed E-state index contributed by atoms with van der Waals surface area (Å²) in [5.41, 5.74) is 0. The number of hydrogen-bond acceptors (Lipinski definition) is 5. The van der Waals surface area contributed by atoms with Crippen molar-refractivity contribution < 1.29 is 18.6 Å². The molecule has 0 aromatic carbocycles. The van der Waals surface area contributed by atoms with Crippen LogP contribution in [0.5, 0.6) is 0 Å². The first-order chi connectivity index (χ1) is 6.62. The molecule has 0 bridgehead atoms. The second kappa shape index (κ2) is 8.52. The average Bonchev–Trinajstić information content (AvgIpc) is 2.52.